The van der Waals surface area contributed by atoms with E-state index in [4.69, 9.17) is 5.26 Å². The number of aromatic nitrogens is 3. The van der Waals surface area contributed by atoms with Crippen molar-refractivity contribution in [1.29, 1.82) is 5.26 Å². The van der Waals surface area contributed by atoms with Gasteiger partial charge in [0.25, 0.3) is 0 Å². The Balaban J connectivity index is 1.98. The normalized spacial score (nSPS) is 10.3. The predicted molar refractivity (Wildman–Crippen MR) is 87.8 cm³/mol. The van der Waals surface area contributed by atoms with Crippen LogP contribution < -0.4 is 5.32 Å². The summed E-state index contributed by atoms with van der Waals surface area (Å²) >= 11 is 0. The molecule has 2 N–H and O–H groups in total. The van der Waals surface area contributed by atoms with Crippen molar-refractivity contribution in [3.63, 3.8) is 0 Å². The van der Waals surface area contributed by atoms with Crippen LogP contribution in [0.3, 0.4) is 0 Å². The Hall–Kier alpha value is -3.33. The average Bonchev–Trinajstić information content (AvgIpc) is 2.96. The van der Waals surface area contributed by atoms with E-state index >= 15 is 0 Å². The number of aryl methyl sites for hydroxylation is 1. The van der Waals surface area contributed by atoms with Gasteiger partial charge in [0, 0.05) is 31.4 Å². The molecule has 2 heterocycles. The highest BCUT2D eigenvalue weighted by Crippen LogP contribution is 2.32. The van der Waals surface area contributed by atoms with Gasteiger partial charge < -0.3 is 15.0 Å². The Labute approximate surface area is 133 Å². The second-order valence-electron chi connectivity index (χ2n) is 5.12. The lowest BCUT2D eigenvalue weighted by atomic mass is 10.0. The summed E-state index contributed by atoms with van der Waals surface area (Å²) in [6.45, 7) is 0. The summed E-state index contributed by atoms with van der Waals surface area (Å²) in [7, 11) is 3.58. The maximum atomic E-state index is 10.3. The second kappa shape index (κ2) is 5.81. The molecule has 0 saturated heterocycles. The molecule has 0 fully saturated rings. The molecule has 0 atom stereocenters. The molecule has 1 aromatic carbocycles. The van der Waals surface area contributed by atoms with Crippen molar-refractivity contribution in [2.45, 2.75) is 0 Å². The van der Waals surface area contributed by atoms with E-state index in [0.29, 0.717) is 22.8 Å². The molecule has 6 nitrogen and oxygen atoms in total. The fraction of sp³-hybridized carbons (Fsp3) is 0.118. The van der Waals surface area contributed by atoms with Crippen LogP contribution in [-0.2, 0) is 7.05 Å². The third kappa shape index (κ3) is 2.72. The number of rotatable bonds is 3. The zero-order chi connectivity index (χ0) is 16.4. The third-order valence-electron chi connectivity index (χ3n) is 3.65. The molecule has 114 valence electrons. The van der Waals surface area contributed by atoms with Crippen LogP contribution in [0, 0.1) is 11.3 Å². The first kappa shape index (κ1) is 14.6. The van der Waals surface area contributed by atoms with Gasteiger partial charge in [-0.2, -0.15) is 5.26 Å². The lowest BCUT2D eigenvalue weighted by Crippen LogP contribution is -1.95. The highest BCUT2D eigenvalue weighted by Gasteiger charge is 2.10. The number of anilines is 1. The predicted octanol–water partition coefficient (Wildman–Crippen LogP) is 2.77. The van der Waals surface area contributed by atoms with Gasteiger partial charge in [0.15, 0.2) is 0 Å². The molecular formula is C17H15N5O. The number of hydrogen-bond donors (Lipinski definition) is 2. The fourth-order valence-electron chi connectivity index (χ4n) is 2.37. The standard InChI is InChI=1S/C17H15N5O/c1-19-17-6-5-15(20-21-17)14-4-3-11(8-16(14)23)12-7-13(9-18)22(2)10-12/h3-8,10,23H,1-2H3,(H,19,21). The van der Waals surface area contributed by atoms with Crippen LogP contribution in [0.25, 0.3) is 22.4 Å². The number of phenols is 1. The monoisotopic (exact) mass is 305 g/mol. The average molecular weight is 305 g/mol. The van der Waals surface area contributed by atoms with Crippen molar-refractivity contribution in [3.05, 3.63) is 48.3 Å². The van der Waals surface area contributed by atoms with Gasteiger partial charge in [-0.3, -0.25) is 0 Å². The smallest absolute Gasteiger partial charge is 0.148 e. The zero-order valence-electron chi connectivity index (χ0n) is 12.8. The summed E-state index contributed by atoms with van der Waals surface area (Å²) in [5.41, 5.74) is 3.49. The third-order valence-corrected chi connectivity index (χ3v) is 3.65. The van der Waals surface area contributed by atoms with Crippen molar-refractivity contribution >= 4 is 5.82 Å². The molecule has 0 aliphatic carbocycles. The summed E-state index contributed by atoms with van der Waals surface area (Å²) in [6.07, 6.45) is 1.86. The number of phenolic OH excluding ortho intramolecular Hbond substituents is 1. The summed E-state index contributed by atoms with van der Waals surface area (Å²) in [5.74, 6) is 0.787. The number of nitrogens with one attached hydrogen (secondary N) is 1. The first-order valence-electron chi connectivity index (χ1n) is 7.04. The number of benzene rings is 1. The van der Waals surface area contributed by atoms with Crippen LogP contribution in [0.15, 0.2) is 42.6 Å². The van der Waals surface area contributed by atoms with Crippen molar-refractivity contribution in [2.75, 3.05) is 12.4 Å². The van der Waals surface area contributed by atoms with Gasteiger partial charge in [-0.25, -0.2) is 0 Å². The van der Waals surface area contributed by atoms with Crippen LogP contribution >= 0.6 is 0 Å². The highest BCUT2D eigenvalue weighted by atomic mass is 16.3. The largest absolute Gasteiger partial charge is 0.507 e. The molecule has 0 bridgehead atoms. The molecule has 0 saturated carbocycles. The van der Waals surface area contributed by atoms with Gasteiger partial charge in [0.2, 0.25) is 0 Å². The highest BCUT2D eigenvalue weighted by molar-refractivity contribution is 5.74. The quantitative estimate of drug-likeness (QED) is 0.777. The molecule has 0 radical (unpaired) electrons. The van der Waals surface area contributed by atoms with E-state index in [1.807, 2.05) is 19.3 Å². The van der Waals surface area contributed by atoms with Crippen LogP contribution in [0.2, 0.25) is 0 Å². The Kier molecular flexibility index (Phi) is 3.69. The van der Waals surface area contributed by atoms with Crippen molar-refractivity contribution in [2.24, 2.45) is 7.05 Å². The van der Waals surface area contributed by atoms with E-state index in [1.165, 1.54) is 0 Å². The summed E-state index contributed by atoms with van der Waals surface area (Å²) < 4.78 is 1.75. The Morgan fingerprint density at radius 1 is 1.13 bits per heavy atom. The first-order valence-corrected chi connectivity index (χ1v) is 7.04. The maximum absolute atomic E-state index is 10.3. The Morgan fingerprint density at radius 3 is 2.52 bits per heavy atom. The molecule has 3 aromatic rings. The molecular weight excluding hydrogens is 290 g/mol. The van der Waals surface area contributed by atoms with Gasteiger partial charge in [0.1, 0.15) is 23.3 Å². The topological polar surface area (TPSA) is 86.8 Å². The lowest BCUT2D eigenvalue weighted by Gasteiger charge is -2.06. The number of nitrogens with zero attached hydrogens (tertiary/aromatic N) is 4. The van der Waals surface area contributed by atoms with Gasteiger partial charge >= 0.3 is 0 Å². The van der Waals surface area contributed by atoms with Crippen molar-refractivity contribution in [1.82, 2.24) is 14.8 Å². The summed E-state index contributed by atoms with van der Waals surface area (Å²) in [4.78, 5) is 0. The Morgan fingerprint density at radius 2 is 1.96 bits per heavy atom. The number of hydrogen-bond acceptors (Lipinski definition) is 5. The molecule has 23 heavy (non-hydrogen) atoms. The maximum Gasteiger partial charge on any atom is 0.148 e. The van der Waals surface area contributed by atoms with Crippen molar-refractivity contribution < 1.29 is 5.11 Å². The molecule has 0 aliphatic heterocycles. The van der Waals surface area contributed by atoms with E-state index in [0.717, 1.165) is 11.1 Å². The van der Waals surface area contributed by atoms with Gasteiger partial charge in [0.05, 0.1) is 5.69 Å². The van der Waals surface area contributed by atoms with Crippen molar-refractivity contribution in [3.8, 4) is 34.2 Å². The molecule has 0 aliphatic rings. The molecule has 0 unspecified atom stereocenters. The first-order chi connectivity index (χ1) is 11.1. The molecule has 2 aromatic heterocycles. The Bertz CT molecular complexity index is 890. The van der Waals surface area contributed by atoms with Gasteiger partial charge in [-0.05, 0) is 35.9 Å². The number of aromatic hydroxyl groups is 1. The summed E-state index contributed by atoms with van der Waals surface area (Å²) in [5, 5.41) is 30.3. The van der Waals surface area contributed by atoms with E-state index in [9.17, 15) is 5.11 Å². The van der Waals surface area contributed by atoms with Gasteiger partial charge in [-0.1, -0.05) is 6.07 Å². The van der Waals surface area contributed by atoms with Crippen LogP contribution in [0.1, 0.15) is 5.69 Å². The molecule has 3 rings (SSSR count). The van der Waals surface area contributed by atoms with E-state index in [1.54, 1.807) is 41.9 Å². The number of nitriles is 1. The van der Waals surface area contributed by atoms with Crippen LogP contribution in [0.4, 0.5) is 5.82 Å². The SMILES string of the molecule is CNc1ccc(-c2ccc(-c3cc(C#N)n(C)c3)cc2O)nn1. The minimum absolute atomic E-state index is 0.122. The lowest BCUT2D eigenvalue weighted by molar-refractivity contribution is 0.477. The van der Waals surface area contributed by atoms with Gasteiger partial charge in [-0.15, -0.1) is 10.2 Å². The minimum atomic E-state index is 0.122. The minimum Gasteiger partial charge on any atom is -0.507 e. The second-order valence-corrected chi connectivity index (χ2v) is 5.12. The molecule has 0 amide bonds. The van der Waals surface area contributed by atoms with Crippen LogP contribution in [-0.4, -0.2) is 26.9 Å². The fourth-order valence-corrected chi connectivity index (χ4v) is 2.37. The molecule has 0 spiro atoms. The molecule has 6 heteroatoms. The van der Waals surface area contributed by atoms with E-state index < -0.39 is 0 Å². The van der Waals surface area contributed by atoms with E-state index in [2.05, 4.69) is 21.6 Å². The van der Waals surface area contributed by atoms with E-state index in [-0.39, 0.29) is 5.75 Å². The summed E-state index contributed by atoms with van der Waals surface area (Å²) in [6, 6.07) is 12.9. The zero-order valence-corrected chi connectivity index (χ0v) is 12.8. The van der Waals surface area contributed by atoms with Crippen LogP contribution in [0.5, 0.6) is 5.75 Å².